The predicted octanol–water partition coefficient (Wildman–Crippen LogP) is -1.39. The van der Waals surface area contributed by atoms with Crippen molar-refractivity contribution in [1.29, 1.82) is 0 Å². The summed E-state index contributed by atoms with van der Waals surface area (Å²) in [6, 6.07) is 0. The standard InChI is InChI=1S/C13H21N2O2.BrH/c1-3-13(16)17-11-7-5-4-6-8-15-10-9-14(2)12-15;/h3,9-10,12H,1,4-8,11H2,2H3;1H/q+1;/p-1. The van der Waals surface area contributed by atoms with Gasteiger partial charge in [0, 0.05) is 6.08 Å². The SMILES string of the molecule is C=CC(=O)OCCCCCC[n+]1ccn(C)c1.[Br-]. The third-order valence-corrected chi connectivity index (χ3v) is 2.55. The molecular weight excluding hydrogens is 296 g/mol. The van der Waals surface area contributed by atoms with Crippen molar-refractivity contribution in [3.8, 4) is 0 Å². The van der Waals surface area contributed by atoms with Crippen LogP contribution in [0.5, 0.6) is 0 Å². The van der Waals surface area contributed by atoms with Crippen molar-refractivity contribution >= 4 is 5.97 Å². The summed E-state index contributed by atoms with van der Waals surface area (Å²) in [5.41, 5.74) is 0. The topological polar surface area (TPSA) is 35.1 Å². The van der Waals surface area contributed by atoms with Crippen molar-refractivity contribution in [3.05, 3.63) is 31.4 Å². The molecule has 1 heterocycles. The molecule has 4 nitrogen and oxygen atoms in total. The third-order valence-electron chi connectivity index (χ3n) is 2.55. The highest BCUT2D eigenvalue weighted by Gasteiger charge is 1.99. The van der Waals surface area contributed by atoms with Gasteiger partial charge in [0.2, 0.25) is 6.33 Å². The van der Waals surface area contributed by atoms with E-state index < -0.39 is 0 Å². The lowest BCUT2D eigenvalue weighted by Gasteiger charge is -2.01. The molecule has 1 aromatic rings. The van der Waals surface area contributed by atoms with Gasteiger partial charge in [-0.25, -0.2) is 13.9 Å². The second kappa shape index (κ2) is 9.88. The lowest BCUT2D eigenvalue weighted by molar-refractivity contribution is -0.696. The summed E-state index contributed by atoms with van der Waals surface area (Å²) in [7, 11) is 2.02. The van der Waals surface area contributed by atoms with Gasteiger partial charge in [-0.2, -0.15) is 0 Å². The molecule has 0 aliphatic carbocycles. The summed E-state index contributed by atoms with van der Waals surface area (Å²) >= 11 is 0. The Balaban J connectivity index is 0.00000289. The first kappa shape index (κ1) is 16.9. The fourth-order valence-corrected chi connectivity index (χ4v) is 1.62. The highest BCUT2D eigenvalue weighted by molar-refractivity contribution is 5.81. The van der Waals surface area contributed by atoms with E-state index in [1.807, 2.05) is 17.8 Å². The average molecular weight is 317 g/mol. The van der Waals surface area contributed by atoms with Gasteiger partial charge in [0.15, 0.2) is 0 Å². The summed E-state index contributed by atoms with van der Waals surface area (Å²) in [6.45, 7) is 4.90. The molecule has 0 aromatic carbocycles. The van der Waals surface area contributed by atoms with Crippen LogP contribution in [0.3, 0.4) is 0 Å². The van der Waals surface area contributed by atoms with E-state index in [4.69, 9.17) is 4.74 Å². The Bertz CT molecular complexity index is 364. The maximum absolute atomic E-state index is 10.7. The molecule has 0 N–H and O–H groups in total. The van der Waals surface area contributed by atoms with Gasteiger partial charge in [-0.3, -0.25) is 0 Å². The number of carbonyl (C=O) groups excluding carboxylic acids is 1. The first-order valence-electron chi connectivity index (χ1n) is 6.02. The van der Waals surface area contributed by atoms with Gasteiger partial charge in [-0.05, 0) is 25.7 Å². The minimum absolute atomic E-state index is 0. The highest BCUT2D eigenvalue weighted by Crippen LogP contribution is 2.00. The largest absolute Gasteiger partial charge is 1.00 e. The molecule has 0 bridgehead atoms. The van der Waals surface area contributed by atoms with E-state index in [-0.39, 0.29) is 23.0 Å². The van der Waals surface area contributed by atoms with Crippen molar-refractivity contribution in [3.63, 3.8) is 0 Å². The molecule has 0 saturated carbocycles. The number of nitrogens with zero attached hydrogens (tertiary/aromatic N) is 2. The van der Waals surface area contributed by atoms with Gasteiger partial charge < -0.3 is 21.7 Å². The van der Waals surface area contributed by atoms with Crippen LogP contribution in [0.15, 0.2) is 31.4 Å². The Labute approximate surface area is 119 Å². The number of imidazole rings is 1. The number of esters is 1. The maximum atomic E-state index is 10.7. The van der Waals surface area contributed by atoms with Crippen LogP contribution < -0.4 is 21.5 Å². The second-order valence-electron chi connectivity index (χ2n) is 4.10. The molecule has 0 amide bonds. The van der Waals surface area contributed by atoms with Crippen LogP contribution in [0.1, 0.15) is 25.7 Å². The third kappa shape index (κ3) is 7.27. The van der Waals surface area contributed by atoms with E-state index >= 15 is 0 Å². The highest BCUT2D eigenvalue weighted by atomic mass is 79.9. The fraction of sp³-hybridized carbons (Fsp3) is 0.538. The Hall–Kier alpha value is -1.10. The molecule has 102 valence electrons. The number of halogens is 1. The van der Waals surface area contributed by atoms with Gasteiger partial charge in [0.1, 0.15) is 12.4 Å². The Morgan fingerprint density at radius 2 is 2.11 bits per heavy atom. The van der Waals surface area contributed by atoms with Gasteiger partial charge in [-0.1, -0.05) is 6.58 Å². The summed E-state index contributed by atoms with van der Waals surface area (Å²) < 4.78 is 9.11. The van der Waals surface area contributed by atoms with Crippen LogP contribution in [0.4, 0.5) is 0 Å². The zero-order valence-electron chi connectivity index (χ0n) is 10.8. The monoisotopic (exact) mass is 316 g/mol. The zero-order chi connectivity index (χ0) is 12.5. The molecule has 0 radical (unpaired) electrons. The van der Waals surface area contributed by atoms with Crippen LogP contribution in [-0.4, -0.2) is 17.1 Å². The second-order valence-corrected chi connectivity index (χ2v) is 4.10. The summed E-state index contributed by atoms with van der Waals surface area (Å²) in [6.07, 6.45) is 11.7. The van der Waals surface area contributed by atoms with Gasteiger partial charge in [0.05, 0.1) is 20.2 Å². The first-order valence-corrected chi connectivity index (χ1v) is 6.02. The molecule has 0 unspecified atom stereocenters. The Morgan fingerprint density at radius 1 is 1.39 bits per heavy atom. The fourth-order valence-electron chi connectivity index (χ4n) is 1.62. The van der Waals surface area contributed by atoms with Crippen molar-refractivity contribution in [1.82, 2.24) is 4.57 Å². The van der Waals surface area contributed by atoms with Crippen LogP contribution in [0, 0.1) is 0 Å². The lowest BCUT2D eigenvalue weighted by Crippen LogP contribution is -3.00. The number of aryl methyl sites for hydroxylation is 2. The summed E-state index contributed by atoms with van der Waals surface area (Å²) in [5.74, 6) is -0.329. The van der Waals surface area contributed by atoms with Crippen molar-refractivity contribution < 1.29 is 31.1 Å². The van der Waals surface area contributed by atoms with Crippen molar-refractivity contribution in [2.45, 2.75) is 32.2 Å². The van der Waals surface area contributed by atoms with Gasteiger partial charge >= 0.3 is 5.97 Å². The number of aromatic nitrogens is 2. The molecule has 0 spiro atoms. The average Bonchev–Trinajstić information content (AvgIpc) is 2.73. The normalized spacial score (nSPS) is 9.61. The van der Waals surface area contributed by atoms with E-state index in [2.05, 4.69) is 23.7 Å². The van der Waals surface area contributed by atoms with Crippen LogP contribution >= 0.6 is 0 Å². The predicted molar refractivity (Wildman–Crippen MR) is 65.2 cm³/mol. The number of ether oxygens (including phenoxy) is 1. The van der Waals surface area contributed by atoms with E-state index in [1.54, 1.807) is 0 Å². The number of carbonyl (C=O) groups is 1. The van der Waals surface area contributed by atoms with Crippen LogP contribution in [0.25, 0.3) is 0 Å². The van der Waals surface area contributed by atoms with E-state index in [0.29, 0.717) is 6.61 Å². The molecule has 0 aliphatic rings. The van der Waals surface area contributed by atoms with E-state index in [9.17, 15) is 4.79 Å². The van der Waals surface area contributed by atoms with E-state index in [0.717, 1.165) is 32.2 Å². The minimum atomic E-state index is -0.329. The molecule has 1 rings (SSSR count). The van der Waals surface area contributed by atoms with Crippen LogP contribution in [-0.2, 0) is 23.1 Å². The van der Waals surface area contributed by atoms with Crippen LogP contribution in [0.2, 0.25) is 0 Å². The van der Waals surface area contributed by atoms with Crippen molar-refractivity contribution in [2.24, 2.45) is 7.05 Å². The Morgan fingerprint density at radius 3 is 2.72 bits per heavy atom. The quantitative estimate of drug-likeness (QED) is 0.256. The first-order chi connectivity index (χ1) is 8.22. The van der Waals surface area contributed by atoms with Gasteiger partial charge in [-0.15, -0.1) is 0 Å². The molecule has 0 atom stereocenters. The molecule has 0 saturated heterocycles. The smallest absolute Gasteiger partial charge is 0.330 e. The number of unbranched alkanes of at least 4 members (excludes halogenated alkanes) is 3. The number of hydrogen-bond acceptors (Lipinski definition) is 2. The molecule has 5 heteroatoms. The van der Waals surface area contributed by atoms with E-state index in [1.165, 1.54) is 6.08 Å². The molecule has 1 aromatic heterocycles. The molecule has 18 heavy (non-hydrogen) atoms. The zero-order valence-corrected chi connectivity index (χ0v) is 12.4. The molecule has 0 aliphatic heterocycles. The summed E-state index contributed by atoms with van der Waals surface area (Å²) in [4.78, 5) is 10.7. The maximum Gasteiger partial charge on any atom is 0.330 e. The number of rotatable bonds is 8. The Kier molecular flexibility index (Phi) is 9.28. The molecule has 0 fully saturated rings. The summed E-state index contributed by atoms with van der Waals surface area (Å²) in [5, 5.41) is 0. The molecular formula is C13H21BrN2O2. The van der Waals surface area contributed by atoms with Crippen molar-refractivity contribution in [2.75, 3.05) is 6.61 Å². The van der Waals surface area contributed by atoms with Gasteiger partial charge in [0.25, 0.3) is 0 Å². The number of hydrogen-bond donors (Lipinski definition) is 0. The minimum Gasteiger partial charge on any atom is -1.00 e. The lowest BCUT2D eigenvalue weighted by atomic mass is 10.2.